The van der Waals surface area contributed by atoms with E-state index in [2.05, 4.69) is 0 Å². The zero-order valence-corrected chi connectivity index (χ0v) is 13.1. The summed E-state index contributed by atoms with van der Waals surface area (Å²) in [5.41, 5.74) is 0.751. The van der Waals surface area contributed by atoms with Crippen molar-refractivity contribution in [3.63, 3.8) is 0 Å². The summed E-state index contributed by atoms with van der Waals surface area (Å²) in [4.78, 5) is 13.9. The SMILES string of the molecule is CC(c1ccccc1F)N(C)C(=O)c1cccc(Cl)c1Cl. The van der Waals surface area contributed by atoms with Crippen LogP contribution in [0.4, 0.5) is 4.39 Å². The average molecular weight is 326 g/mol. The maximum atomic E-state index is 13.8. The van der Waals surface area contributed by atoms with Gasteiger partial charge < -0.3 is 4.90 Å². The van der Waals surface area contributed by atoms with Crippen molar-refractivity contribution in [2.45, 2.75) is 13.0 Å². The van der Waals surface area contributed by atoms with Crippen molar-refractivity contribution in [3.8, 4) is 0 Å². The van der Waals surface area contributed by atoms with Crippen LogP contribution in [0.5, 0.6) is 0 Å². The molecule has 0 aromatic heterocycles. The molecule has 2 aromatic rings. The second-order valence-corrected chi connectivity index (χ2v) is 5.50. The quantitative estimate of drug-likeness (QED) is 0.780. The fourth-order valence-corrected chi connectivity index (χ4v) is 2.44. The van der Waals surface area contributed by atoms with Gasteiger partial charge in [0.25, 0.3) is 5.91 Å². The summed E-state index contributed by atoms with van der Waals surface area (Å²) in [7, 11) is 1.61. The fourth-order valence-electron chi connectivity index (χ4n) is 2.06. The molecule has 0 aliphatic carbocycles. The highest BCUT2D eigenvalue weighted by Gasteiger charge is 2.23. The summed E-state index contributed by atoms with van der Waals surface area (Å²) >= 11 is 12.0. The molecule has 1 amide bonds. The Labute approximate surface area is 133 Å². The molecule has 2 aromatic carbocycles. The molecule has 0 fully saturated rings. The molecular formula is C16H14Cl2FNO. The monoisotopic (exact) mass is 325 g/mol. The largest absolute Gasteiger partial charge is 0.335 e. The normalized spacial score (nSPS) is 12.0. The first-order valence-electron chi connectivity index (χ1n) is 6.39. The van der Waals surface area contributed by atoms with E-state index in [4.69, 9.17) is 23.2 Å². The van der Waals surface area contributed by atoms with Crippen molar-refractivity contribution in [2.24, 2.45) is 0 Å². The molecule has 110 valence electrons. The molecule has 0 N–H and O–H groups in total. The third-order valence-electron chi connectivity index (χ3n) is 3.44. The number of amides is 1. The molecule has 0 bridgehead atoms. The lowest BCUT2D eigenvalue weighted by Crippen LogP contribution is -2.30. The van der Waals surface area contributed by atoms with Crippen molar-refractivity contribution >= 4 is 29.1 Å². The molecule has 0 radical (unpaired) electrons. The highest BCUT2D eigenvalue weighted by Crippen LogP contribution is 2.29. The van der Waals surface area contributed by atoms with Crippen LogP contribution in [0.25, 0.3) is 0 Å². The third kappa shape index (κ3) is 3.20. The van der Waals surface area contributed by atoms with E-state index >= 15 is 0 Å². The van der Waals surface area contributed by atoms with Gasteiger partial charge in [-0.15, -0.1) is 0 Å². The van der Waals surface area contributed by atoms with Crippen molar-refractivity contribution in [1.82, 2.24) is 4.90 Å². The zero-order chi connectivity index (χ0) is 15.6. The Kier molecular flexibility index (Phi) is 4.86. The first kappa shape index (κ1) is 15.8. The summed E-state index contributed by atoms with van der Waals surface area (Å²) in [5, 5.41) is 0.520. The van der Waals surface area contributed by atoms with Gasteiger partial charge in [-0.05, 0) is 25.1 Å². The lowest BCUT2D eigenvalue weighted by molar-refractivity contribution is 0.0740. The van der Waals surface area contributed by atoms with E-state index in [0.29, 0.717) is 16.1 Å². The molecule has 21 heavy (non-hydrogen) atoms. The van der Waals surface area contributed by atoms with E-state index in [0.717, 1.165) is 0 Å². The van der Waals surface area contributed by atoms with Crippen LogP contribution < -0.4 is 0 Å². The minimum atomic E-state index is -0.422. The van der Waals surface area contributed by atoms with E-state index < -0.39 is 6.04 Å². The first-order valence-corrected chi connectivity index (χ1v) is 7.14. The van der Waals surface area contributed by atoms with Crippen molar-refractivity contribution in [2.75, 3.05) is 7.05 Å². The molecule has 0 saturated carbocycles. The van der Waals surface area contributed by atoms with Crippen LogP contribution in [0.1, 0.15) is 28.9 Å². The summed E-state index contributed by atoms with van der Waals surface area (Å²) in [6.45, 7) is 1.76. The number of rotatable bonds is 3. The predicted octanol–water partition coefficient (Wildman–Crippen LogP) is 4.97. The molecule has 1 unspecified atom stereocenters. The number of carbonyl (C=O) groups is 1. The van der Waals surface area contributed by atoms with Gasteiger partial charge in [0.05, 0.1) is 21.7 Å². The molecule has 0 heterocycles. The summed E-state index contributed by atoms with van der Waals surface area (Å²) in [6.07, 6.45) is 0. The minimum Gasteiger partial charge on any atom is -0.335 e. The molecule has 0 saturated heterocycles. The van der Waals surface area contributed by atoms with E-state index in [9.17, 15) is 9.18 Å². The first-order chi connectivity index (χ1) is 9.93. The van der Waals surface area contributed by atoms with E-state index in [1.165, 1.54) is 11.0 Å². The zero-order valence-electron chi connectivity index (χ0n) is 11.6. The van der Waals surface area contributed by atoms with Crippen molar-refractivity contribution < 1.29 is 9.18 Å². The number of carbonyl (C=O) groups excluding carboxylic acids is 1. The van der Waals surface area contributed by atoms with E-state index in [-0.39, 0.29) is 16.7 Å². The highest BCUT2D eigenvalue weighted by atomic mass is 35.5. The Morgan fingerprint density at radius 3 is 2.48 bits per heavy atom. The number of hydrogen-bond donors (Lipinski definition) is 0. The maximum Gasteiger partial charge on any atom is 0.255 e. The van der Waals surface area contributed by atoms with Crippen LogP contribution in [0.2, 0.25) is 10.0 Å². The molecule has 0 aliphatic rings. The molecule has 2 nitrogen and oxygen atoms in total. The van der Waals surface area contributed by atoms with Gasteiger partial charge in [0.2, 0.25) is 0 Å². The molecule has 5 heteroatoms. The number of benzene rings is 2. The summed E-state index contributed by atoms with van der Waals surface area (Å²) in [6, 6.07) is 10.8. The molecular weight excluding hydrogens is 312 g/mol. The standard InChI is InChI=1S/C16H14Cl2FNO/c1-10(11-6-3-4-9-14(11)19)20(2)16(21)12-7-5-8-13(17)15(12)18/h3-10H,1-2H3. The van der Waals surface area contributed by atoms with Crippen LogP contribution in [0.15, 0.2) is 42.5 Å². The topological polar surface area (TPSA) is 20.3 Å². The molecule has 0 spiro atoms. The van der Waals surface area contributed by atoms with Crippen molar-refractivity contribution in [1.29, 1.82) is 0 Å². The Morgan fingerprint density at radius 2 is 1.81 bits per heavy atom. The van der Waals surface area contributed by atoms with Gasteiger partial charge >= 0.3 is 0 Å². The minimum absolute atomic E-state index is 0.205. The predicted molar refractivity (Wildman–Crippen MR) is 83.4 cm³/mol. The van der Waals surface area contributed by atoms with Gasteiger partial charge in [-0.1, -0.05) is 47.5 Å². The average Bonchev–Trinajstić information content (AvgIpc) is 2.48. The second kappa shape index (κ2) is 6.46. The smallest absolute Gasteiger partial charge is 0.255 e. The number of halogens is 3. The lowest BCUT2D eigenvalue weighted by atomic mass is 10.1. The van der Waals surface area contributed by atoms with Crippen LogP contribution in [0.3, 0.4) is 0 Å². The van der Waals surface area contributed by atoms with Gasteiger partial charge in [-0.2, -0.15) is 0 Å². The summed E-state index contributed by atoms with van der Waals surface area (Å²) in [5.74, 6) is -0.653. The highest BCUT2D eigenvalue weighted by molar-refractivity contribution is 6.43. The maximum absolute atomic E-state index is 13.8. The second-order valence-electron chi connectivity index (χ2n) is 4.71. The summed E-state index contributed by atoms with van der Waals surface area (Å²) < 4.78 is 13.8. The van der Waals surface area contributed by atoms with Gasteiger partial charge in [0.15, 0.2) is 0 Å². The van der Waals surface area contributed by atoms with Gasteiger partial charge in [0.1, 0.15) is 5.82 Å². The van der Waals surface area contributed by atoms with Crippen LogP contribution >= 0.6 is 23.2 Å². The van der Waals surface area contributed by atoms with E-state index in [1.54, 1.807) is 50.4 Å². The van der Waals surface area contributed by atoms with Crippen LogP contribution in [-0.2, 0) is 0 Å². The van der Waals surface area contributed by atoms with Crippen LogP contribution in [0, 0.1) is 5.82 Å². The number of hydrogen-bond acceptors (Lipinski definition) is 1. The Hall–Kier alpha value is -1.58. The number of nitrogens with zero attached hydrogens (tertiary/aromatic N) is 1. The third-order valence-corrected chi connectivity index (χ3v) is 4.26. The lowest BCUT2D eigenvalue weighted by Gasteiger charge is -2.26. The molecule has 2 rings (SSSR count). The molecule has 1 atom stereocenters. The Balaban J connectivity index is 2.31. The van der Waals surface area contributed by atoms with Crippen LogP contribution in [-0.4, -0.2) is 17.9 Å². The van der Waals surface area contributed by atoms with Gasteiger partial charge in [-0.3, -0.25) is 4.79 Å². The van der Waals surface area contributed by atoms with Gasteiger partial charge in [0, 0.05) is 12.6 Å². The van der Waals surface area contributed by atoms with Gasteiger partial charge in [-0.25, -0.2) is 4.39 Å². The Morgan fingerprint density at radius 1 is 1.14 bits per heavy atom. The fraction of sp³-hybridized carbons (Fsp3) is 0.188. The van der Waals surface area contributed by atoms with E-state index in [1.807, 2.05) is 0 Å². The van der Waals surface area contributed by atoms with Crippen molar-refractivity contribution in [3.05, 3.63) is 69.5 Å². The molecule has 0 aliphatic heterocycles. The Bertz CT molecular complexity index is 675.